The number of carbonyl (C=O) groups excluding carboxylic acids is 3. The van der Waals surface area contributed by atoms with Crippen LogP contribution in [0.25, 0.3) is 0 Å². The highest BCUT2D eigenvalue weighted by Crippen LogP contribution is 2.40. The van der Waals surface area contributed by atoms with E-state index in [0.717, 1.165) is 63.0 Å². The van der Waals surface area contributed by atoms with Gasteiger partial charge in [0.2, 0.25) is 11.8 Å². The summed E-state index contributed by atoms with van der Waals surface area (Å²) in [5.74, 6) is -0.0653. The molecule has 3 aliphatic heterocycles. The third-order valence-electron chi connectivity index (χ3n) is 7.55. The van der Waals surface area contributed by atoms with Gasteiger partial charge in [0, 0.05) is 31.7 Å². The average Bonchev–Trinajstić information content (AvgIpc) is 3.44. The van der Waals surface area contributed by atoms with Gasteiger partial charge in [-0.3, -0.25) is 19.3 Å². The van der Waals surface area contributed by atoms with Crippen molar-refractivity contribution >= 4 is 29.1 Å². The summed E-state index contributed by atoms with van der Waals surface area (Å²) in [4.78, 5) is 45.3. The summed E-state index contributed by atoms with van der Waals surface area (Å²) in [5, 5.41) is 3.01. The Balaban J connectivity index is 1.37. The van der Waals surface area contributed by atoms with E-state index in [9.17, 15) is 14.4 Å². The van der Waals surface area contributed by atoms with E-state index in [1.165, 1.54) is 0 Å². The van der Waals surface area contributed by atoms with E-state index in [2.05, 4.69) is 29.3 Å². The maximum absolute atomic E-state index is 13.6. The molecule has 0 saturated carbocycles. The Morgan fingerprint density at radius 2 is 1.71 bits per heavy atom. The topological polar surface area (TPSA) is 73.0 Å². The minimum Gasteiger partial charge on any atom is -0.358 e. The number of hydrogen-bond acceptors (Lipinski definition) is 4. The van der Waals surface area contributed by atoms with Crippen LogP contribution in [0.5, 0.6) is 0 Å². The first-order valence-corrected chi connectivity index (χ1v) is 12.9. The van der Waals surface area contributed by atoms with Crippen LogP contribution in [-0.4, -0.2) is 61.4 Å². The van der Waals surface area contributed by atoms with Gasteiger partial charge in [-0.1, -0.05) is 37.3 Å². The van der Waals surface area contributed by atoms with Gasteiger partial charge < -0.3 is 15.1 Å². The first-order chi connectivity index (χ1) is 17.0. The number of amides is 3. The van der Waals surface area contributed by atoms with Crippen molar-refractivity contribution in [1.29, 1.82) is 0 Å². The van der Waals surface area contributed by atoms with Crippen LogP contribution in [0.3, 0.4) is 0 Å². The van der Waals surface area contributed by atoms with Crippen molar-refractivity contribution in [3.63, 3.8) is 0 Å². The molecule has 0 radical (unpaired) electrons. The number of benzene rings is 2. The maximum Gasteiger partial charge on any atom is 0.253 e. The highest BCUT2D eigenvalue weighted by Gasteiger charge is 2.40. The molecule has 2 unspecified atom stereocenters. The number of nitrogens with zero attached hydrogens (tertiary/aromatic N) is 3. The molecule has 3 heterocycles. The van der Waals surface area contributed by atoms with Crippen molar-refractivity contribution in [2.24, 2.45) is 0 Å². The van der Waals surface area contributed by atoms with Crippen molar-refractivity contribution in [2.45, 2.75) is 51.0 Å². The minimum absolute atomic E-state index is 0.000367. The van der Waals surface area contributed by atoms with E-state index in [0.29, 0.717) is 17.8 Å². The molecule has 2 saturated heterocycles. The minimum atomic E-state index is -0.243. The first-order valence-electron chi connectivity index (χ1n) is 12.9. The van der Waals surface area contributed by atoms with Gasteiger partial charge in [0.1, 0.15) is 12.6 Å². The zero-order valence-electron chi connectivity index (χ0n) is 20.4. The fraction of sp³-hybridized carbons (Fsp3) is 0.464. The maximum atomic E-state index is 13.6. The highest BCUT2D eigenvalue weighted by atomic mass is 16.2. The van der Waals surface area contributed by atoms with Crippen molar-refractivity contribution in [3.05, 3.63) is 59.7 Å². The van der Waals surface area contributed by atoms with Gasteiger partial charge in [-0.25, -0.2) is 0 Å². The summed E-state index contributed by atoms with van der Waals surface area (Å²) in [6.45, 7) is 4.90. The SMILES string of the molecule is CC(CNC(=O)CN1C(=O)C2CCCCN2c2ccc(C(=O)N3CCCC3)cc21)c1ccccc1. The predicted molar refractivity (Wildman–Crippen MR) is 137 cm³/mol. The fourth-order valence-electron chi connectivity index (χ4n) is 5.52. The molecule has 7 nitrogen and oxygen atoms in total. The van der Waals surface area contributed by atoms with Crippen LogP contribution in [-0.2, 0) is 9.59 Å². The first kappa shape index (κ1) is 23.4. The van der Waals surface area contributed by atoms with Crippen LogP contribution in [0.4, 0.5) is 11.4 Å². The lowest BCUT2D eigenvalue weighted by molar-refractivity contribution is -0.125. The van der Waals surface area contributed by atoms with Crippen LogP contribution in [0, 0.1) is 0 Å². The summed E-state index contributed by atoms with van der Waals surface area (Å²) in [7, 11) is 0. The molecule has 0 aliphatic carbocycles. The Morgan fingerprint density at radius 3 is 2.49 bits per heavy atom. The standard InChI is InChI=1S/C28H34N4O3/c1-20(21-9-3-2-4-10-21)18-29-26(33)19-32-25-17-22(27(34)30-14-7-8-15-30)12-13-23(25)31-16-6-5-11-24(31)28(32)35/h2-4,9-10,12-13,17,20,24H,5-8,11,14-16,18-19H2,1H3,(H,29,33). The van der Waals surface area contributed by atoms with Gasteiger partial charge in [0.15, 0.2) is 0 Å². The summed E-state index contributed by atoms with van der Waals surface area (Å²) in [6, 6.07) is 15.5. The number of rotatable bonds is 6. The molecule has 184 valence electrons. The van der Waals surface area contributed by atoms with Crippen LogP contribution in [0.15, 0.2) is 48.5 Å². The number of likely N-dealkylation sites (tertiary alicyclic amines) is 1. The van der Waals surface area contributed by atoms with E-state index in [4.69, 9.17) is 0 Å². The lowest BCUT2D eigenvalue weighted by atomic mass is 9.95. The quantitative estimate of drug-likeness (QED) is 0.695. The summed E-state index contributed by atoms with van der Waals surface area (Å²) in [5.41, 5.74) is 3.36. The molecule has 7 heteroatoms. The molecule has 3 amide bonds. The molecule has 2 aromatic carbocycles. The van der Waals surface area contributed by atoms with Gasteiger partial charge in [-0.05, 0) is 61.8 Å². The average molecular weight is 475 g/mol. The Labute approximate surface area is 207 Å². The lowest BCUT2D eigenvalue weighted by Crippen LogP contribution is -2.57. The zero-order chi connectivity index (χ0) is 24.4. The van der Waals surface area contributed by atoms with E-state index < -0.39 is 0 Å². The van der Waals surface area contributed by atoms with Crippen LogP contribution < -0.4 is 15.1 Å². The molecule has 0 aromatic heterocycles. The van der Waals surface area contributed by atoms with Gasteiger partial charge in [0.25, 0.3) is 5.91 Å². The number of carbonyl (C=O) groups is 3. The van der Waals surface area contributed by atoms with Crippen LogP contribution in [0.1, 0.15) is 60.9 Å². The monoisotopic (exact) mass is 474 g/mol. The van der Waals surface area contributed by atoms with E-state index in [-0.39, 0.29) is 36.2 Å². The number of anilines is 2. The third-order valence-corrected chi connectivity index (χ3v) is 7.55. The molecule has 3 aliphatic rings. The number of hydrogen-bond donors (Lipinski definition) is 1. The van der Waals surface area contributed by atoms with E-state index >= 15 is 0 Å². The molecule has 1 N–H and O–H groups in total. The summed E-state index contributed by atoms with van der Waals surface area (Å²) in [6.07, 6.45) is 4.88. The van der Waals surface area contributed by atoms with E-state index in [1.54, 1.807) is 4.90 Å². The van der Waals surface area contributed by atoms with E-state index in [1.807, 2.05) is 41.3 Å². The number of piperidine rings is 1. The fourth-order valence-corrected chi connectivity index (χ4v) is 5.52. The molecule has 2 aromatic rings. The van der Waals surface area contributed by atoms with Gasteiger partial charge in [0.05, 0.1) is 11.4 Å². The third kappa shape index (κ3) is 4.77. The highest BCUT2D eigenvalue weighted by molar-refractivity contribution is 6.09. The predicted octanol–water partition coefficient (Wildman–Crippen LogP) is 3.55. The van der Waals surface area contributed by atoms with Crippen molar-refractivity contribution in [1.82, 2.24) is 10.2 Å². The second-order valence-corrected chi connectivity index (χ2v) is 9.95. The second kappa shape index (κ2) is 10.1. The number of fused-ring (bicyclic) bond motifs is 3. The lowest BCUT2D eigenvalue weighted by Gasteiger charge is -2.45. The zero-order valence-corrected chi connectivity index (χ0v) is 20.4. The smallest absolute Gasteiger partial charge is 0.253 e. The Morgan fingerprint density at radius 1 is 0.971 bits per heavy atom. The number of nitrogens with one attached hydrogen (secondary N) is 1. The second-order valence-electron chi connectivity index (χ2n) is 9.95. The normalized spacial score (nSPS) is 20.3. The Kier molecular flexibility index (Phi) is 6.75. The van der Waals surface area contributed by atoms with Gasteiger partial charge in [-0.15, -0.1) is 0 Å². The van der Waals surface area contributed by atoms with Gasteiger partial charge in [-0.2, -0.15) is 0 Å². The van der Waals surface area contributed by atoms with Crippen molar-refractivity contribution in [2.75, 3.05) is 42.5 Å². The summed E-state index contributed by atoms with van der Waals surface area (Å²) < 4.78 is 0. The van der Waals surface area contributed by atoms with Crippen molar-refractivity contribution < 1.29 is 14.4 Å². The van der Waals surface area contributed by atoms with Gasteiger partial charge >= 0.3 is 0 Å². The Bertz CT molecular complexity index is 1100. The molecule has 0 spiro atoms. The summed E-state index contributed by atoms with van der Waals surface area (Å²) >= 11 is 0. The molecular weight excluding hydrogens is 440 g/mol. The van der Waals surface area contributed by atoms with Crippen LogP contribution >= 0.6 is 0 Å². The molecule has 35 heavy (non-hydrogen) atoms. The van der Waals surface area contributed by atoms with Crippen LogP contribution in [0.2, 0.25) is 0 Å². The Hall–Kier alpha value is -3.35. The van der Waals surface area contributed by atoms with Crippen molar-refractivity contribution in [3.8, 4) is 0 Å². The molecule has 2 atom stereocenters. The molecule has 2 fully saturated rings. The largest absolute Gasteiger partial charge is 0.358 e. The molecular formula is C28H34N4O3. The molecule has 5 rings (SSSR count). The molecule has 0 bridgehead atoms.